The highest BCUT2D eigenvalue weighted by atomic mass is 16.4. The third-order valence-electron chi connectivity index (χ3n) is 2.87. The number of rotatable bonds is 4. The zero-order valence-corrected chi connectivity index (χ0v) is 9.30. The molecule has 0 aromatic rings. The van der Waals surface area contributed by atoms with Crippen molar-refractivity contribution in [3.63, 3.8) is 0 Å². The fourth-order valence-electron chi connectivity index (χ4n) is 1.95. The summed E-state index contributed by atoms with van der Waals surface area (Å²) >= 11 is 0. The standard InChI is InChI=1S/C10H18N2O4/c1-6(2-3-11)9(14)12-5-7(13)4-8(12)10(15)16/h6-8,13H,2-5,11H2,1H3,(H,15,16)/t6?,7-,8-/m1/s1. The van der Waals surface area contributed by atoms with Gasteiger partial charge in [-0.3, -0.25) is 4.79 Å². The number of hydrogen-bond acceptors (Lipinski definition) is 4. The second-order valence-electron chi connectivity index (χ2n) is 4.21. The summed E-state index contributed by atoms with van der Waals surface area (Å²) < 4.78 is 0. The highest BCUT2D eigenvalue weighted by Crippen LogP contribution is 2.21. The number of β-amino-alcohol motifs (C(OH)–C–C–N with tert-alkyl or cyclic N) is 1. The van der Waals surface area contributed by atoms with Crippen LogP contribution in [0.1, 0.15) is 19.8 Å². The molecule has 1 rings (SSSR count). The van der Waals surface area contributed by atoms with E-state index >= 15 is 0 Å². The number of carboxylic acid groups (broad SMARTS) is 1. The van der Waals surface area contributed by atoms with Gasteiger partial charge in [-0.1, -0.05) is 6.92 Å². The quantitative estimate of drug-likeness (QED) is 0.575. The van der Waals surface area contributed by atoms with Crippen molar-refractivity contribution in [2.24, 2.45) is 11.7 Å². The van der Waals surface area contributed by atoms with Crippen molar-refractivity contribution in [2.75, 3.05) is 13.1 Å². The van der Waals surface area contributed by atoms with Gasteiger partial charge in [0.1, 0.15) is 6.04 Å². The Morgan fingerprint density at radius 1 is 1.56 bits per heavy atom. The van der Waals surface area contributed by atoms with Crippen LogP contribution in [0.4, 0.5) is 0 Å². The van der Waals surface area contributed by atoms with E-state index in [0.717, 1.165) is 0 Å². The van der Waals surface area contributed by atoms with Crippen LogP contribution in [0.3, 0.4) is 0 Å². The fraction of sp³-hybridized carbons (Fsp3) is 0.800. The van der Waals surface area contributed by atoms with Gasteiger partial charge < -0.3 is 20.8 Å². The highest BCUT2D eigenvalue weighted by molar-refractivity contribution is 5.85. The van der Waals surface area contributed by atoms with Crippen molar-refractivity contribution in [1.29, 1.82) is 0 Å². The molecule has 0 aliphatic carbocycles. The minimum atomic E-state index is -1.06. The number of nitrogens with two attached hydrogens (primary N) is 1. The number of hydrogen-bond donors (Lipinski definition) is 3. The topological polar surface area (TPSA) is 104 Å². The van der Waals surface area contributed by atoms with E-state index in [4.69, 9.17) is 10.8 Å². The lowest BCUT2D eigenvalue weighted by atomic mass is 10.1. The van der Waals surface area contributed by atoms with E-state index in [2.05, 4.69) is 0 Å². The van der Waals surface area contributed by atoms with Crippen LogP contribution < -0.4 is 5.73 Å². The smallest absolute Gasteiger partial charge is 0.326 e. The summed E-state index contributed by atoms with van der Waals surface area (Å²) in [6, 6.07) is -0.900. The third kappa shape index (κ3) is 2.70. The number of aliphatic carboxylic acids is 1. The van der Waals surface area contributed by atoms with Gasteiger partial charge in [0.25, 0.3) is 0 Å². The minimum absolute atomic E-state index is 0.102. The van der Waals surface area contributed by atoms with Crippen LogP contribution in [0.15, 0.2) is 0 Å². The van der Waals surface area contributed by atoms with Gasteiger partial charge >= 0.3 is 5.97 Å². The molecular weight excluding hydrogens is 212 g/mol. The summed E-state index contributed by atoms with van der Waals surface area (Å²) in [5.74, 6) is -1.60. The Bertz CT molecular complexity index is 282. The van der Waals surface area contributed by atoms with Crippen LogP contribution in [0.2, 0.25) is 0 Å². The molecular formula is C10H18N2O4. The van der Waals surface area contributed by atoms with E-state index in [1.165, 1.54) is 4.90 Å². The fourth-order valence-corrected chi connectivity index (χ4v) is 1.95. The van der Waals surface area contributed by atoms with E-state index in [1.807, 2.05) is 0 Å². The zero-order valence-electron chi connectivity index (χ0n) is 9.30. The van der Waals surface area contributed by atoms with Gasteiger partial charge in [0.2, 0.25) is 5.91 Å². The minimum Gasteiger partial charge on any atom is -0.480 e. The number of carbonyl (C=O) groups excluding carboxylic acids is 1. The summed E-state index contributed by atoms with van der Waals surface area (Å²) in [7, 11) is 0. The van der Waals surface area contributed by atoms with Gasteiger partial charge in [-0.25, -0.2) is 4.79 Å². The summed E-state index contributed by atoms with van der Waals surface area (Å²) in [5.41, 5.74) is 5.35. The molecule has 0 aromatic carbocycles. The van der Waals surface area contributed by atoms with E-state index in [1.54, 1.807) is 6.92 Å². The number of amides is 1. The molecule has 1 aliphatic rings. The second-order valence-corrected chi connectivity index (χ2v) is 4.21. The molecule has 4 N–H and O–H groups in total. The molecule has 0 saturated carbocycles. The lowest BCUT2D eigenvalue weighted by molar-refractivity contribution is -0.149. The molecule has 0 aromatic heterocycles. The predicted octanol–water partition coefficient (Wildman–Crippen LogP) is -0.982. The molecule has 1 aliphatic heterocycles. The number of aliphatic hydroxyl groups is 1. The van der Waals surface area contributed by atoms with E-state index < -0.39 is 18.1 Å². The number of carboxylic acids is 1. The number of likely N-dealkylation sites (tertiary alicyclic amines) is 1. The van der Waals surface area contributed by atoms with Gasteiger partial charge in [0, 0.05) is 18.9 Å². The summed E-state index contributed by atoms with van der Waals surface area (Å²) in [4.78, 5) is 24.0. The van der Waals surface area contributed by atoms with Crippen LogP contribution >= 0.6 is 0 Å². The SMILES string of the molecule is CC(CCN)C(=O)N1C[C@H](O)C[C@@H]1C(=O)O. The maximum Gasteiger partial charge on any atom is 0.326 e. The average Bonchev–Trinajstić information content (AvgIpc) is 2.59. The van der Waals surface area contributed by atoms with Gasteiger partial charge in [0.15, 0.2) is 0 Å². The normalized spacial score (nSPS) is 26.8. The van der Waals surface area contributed by atoms with Crippen molar-refractivity contribution in [1.82, 2.24) is 4.90 Å². The van der Waals surface area contributed by atoms with E-state index in [-0.39, 0.29) is 24.8 Å². The lowest BCUT2D eigenvalue weighted by Gasteiger charge is -2.24. The molecule has 6 nitrogen and oxygen atoms in total. The summed E-state index contributed by atoms with van der Waals surface area (Å²) in [6.07, 6.45) is -0.108. The highest BCUT2D eigenvalue weighted by Gasteiger charge is 2.39. The number of carbonyl (C=O) groups is 2. The Morgan fingerprint density at radius 3 is 2.69 bits per heavy atom. The van der Waals surface area contributed by atoms with Crippen molar-refractivity contribution in [3.8, 4) is 0 Å². The third-order valence-corrected chi connectivity index (χ3v) is 2.87. The van der Waals surface area contributed by atoms with Gasteiger partial charge in [-0.15, -0.1) is 0 Å². The summed E-state index contributed by atoms with van der Waals surface area (Å²) in [6.45, 7) is 2.21. The van der Waals surface area contributed by atoms with Crippen LogP contribution in [-0.4, -0.2) is 52.2 Å². The first kappa shape index (κ1) is 12.9. The average molecular weight is 230 g/mol. The number of nitrogens with zero attached hydrogens (tertiary/aromatic N) is 1. The van der Waals surface area contributed by atoms with Crippen molar-refractivity contribution in [3.05, 3.63) is 0 Å². The largest absolute Gasteiger partial charge is 0.480 e. The molecule has 16 heavy (non-hydrogen) atoms. The van der Waals surface area contributed by atoms with Gasteiger partial charge in [-0.2, -0.15) is 0 Å². The lowest BCUT2D eigenvalue weighted by Crippen LogP contribution is -2.43. The van der Waals surface area contributed by atoms with Crippen molar-refractivity contribution in [2.45, 2.75) is 31.9 Å². The molecule has 92 valence electrons. The Morgan fingerprint density at radius 2 is 2.19 bits per heavy atom. The van der Waals surface area contributed by atoms with Crippen LogP contribution in [0, 0.1) is 5.92 Å². The molecule has 0 radical (unpaired) electrons. The van der Waals surface area contributed by atoms with Crippen LogP contribution in [0.5, 0.6) is 0 Å². The van der Waals surface area contributed by atoms with Crippen LogP contribution in [0.25, 0.3) is 0 Å². The predicted molar refractivity (Wildman–Crippen MR) is 56.6 cm³/mol. The second kappa shape index (κ2) is 5.27. The van der Waals surface area contributed by atoms with E-state index in [9.17, 15) is 14.7 Å². The summed E-state index contributed by atoms with van der Waals surface area (Å²) in [5, 5.41) is 18.3. The molecule has 1 unspecified atom stereocenters. The zero-order chi connectivity index (χ0) is 12.3. The van der Waals surface area contributed by atoms with Crippen molar-refractivity contribution < 1.29 is 19.8 Å². The Balaban J connectivity index is 2.70. The molecule has 0 bridgehead atoms. The molecule has 1 heterocycles. The van der Waals surface area contributed by atoms with Crippen molar-refractivity contribution >= 4 is 11.9 Å². The first-order valence-corrected chi connectivity index (χ1v) is 5.38. The Labute approximate surface area is 94.0 Å². The van der Waals surface area contributed by atoms with E-state index in [0.29, 0.717) is 13.0 Å². The maximum atomic E-state index is 11.9. The van der Waals surface area contributed by atoms with Crippen LogP contribution in [-0.2, 0) is 9.59 Å². The Hall–Kier alpha value is -1.14. The molecule has 3 atom stereocenters. The monoisotopic (exact) mass is 230 g/mol. The molecule has 1 fully saturated rings. The molecule has 0 spiro atoms. The Kier molecular flexibility index (Phi) is 4.26. The molecule has 1 amide bonds. The van der Waals surface area contributed by atoms with Gasteiger partial charge in [-0.05, 0) is 13.0 Å². The number of aliphatic hydroxyl groups excluding tert-OH is 1. The molecule has 1 saturated heterocycles. The van der Waals surface area contributed by atoms with Gasteiger partial charge in [0.05, 0.1) is 6.10 Å². The molecule has 6 heteroatoms. The first-order chi connectivity index (χ1) is 7.47. The first-order valence-electron chi connectivity index (χ1n) is 5.38. The maximum absolute atomic E-state index is 11.9.